The van der Waals surface area contributed by atoms with Crippen LogP contribution in [0.25, 0.3) is 6.08 Å². The Kier molecular flexibility index (Phi) is 5.25. The molecule has 23 heavy (non-hydrogen) atoms. The summed E-state index contributed by atoms with van der Waals surface area (Å²) in [5, 5.41) is 2.77. The highest BCUT2D eigenvalue weighted by Gasteiger charge is 2.07. The number of rotatable bonds is 5. The highest BCUT2D eigenvalue weighted by atomic mass is 16.5. The Labute approximate surface area is 135 Å². The molecule has 0 radical (unpaired) electrons. The Balaban J connectivity index is 2.12. The minimum Gasteiger partial charge on any atom is -0.497 e. The maximum absolute atomic E-state index is 12.1. The van der Waals surface area contributed by atoms with Gasteiger partial charge in [-0.1, -0.05) is 12.1 Å². The summed E-state index contributed by atoms with van der Waals surface area (Å²) in [6, 6.07) is 10.8. The normalized spacial score (nSPS) is 10.6. The van der Waals surface area contributed by atoms with E-state index in [0.717, 1.165) is 11.1 Å². The van der Waals surface area contributed by atoms with Crippen LogP contribution in [0.1, 0.15) is 11.1 Å². The Bertz CT molecular complexity index is 739. The van der Waals surface area contributed by atoms with Gasteiger partial charge in [0, 0.05) is 17.8 Å². The van der Waals surface area contributed by atoms with Gasteiger partial charge in [-0.25, -0.2) is 0 Å². The Hall–Kier alpha value is -2.95. The second-order valence-corrected chi connectivity index (χ2v) is 5.00. The number of nitrogen functional groups attached to an aromatic ring is 1. The zero-order chi connectivity index (χ0) is 16.8. The van der Waals surface area contributed by atoms with Crippen LogP contribution in [0, 0.1) is 6.92 Å². The number of carbonyl (C=O) groups is 1. The first-order valence-electron chi connectivity index (χ1n) is 7.10. The van der Waals surface area contributed by atoms with Gasteiger partial charge in [0.05, 0.1) is 19.9 Å². The van der Waals surface area contributed by atoms with E-state index in [1.165, 1.54) is 6.08 Å². The predicted molar refractivity (Wildman–Crippen MR) is 92.8 cm³/mol. The Morgan fingerprint density at radius 1 is 1.13 bits per heavy atom. The highest BCUT2D eigenvalue weighted by molar-refractivity contribution is 6.03. The molecule has 5 heteroatoms. The number of carbonyl (C=O) groups excluding carboxylic acids is 1. The van der Waals surface area contributed by atoms with Crippen molar-refractivity contribution < 1.29 is 14.3 Å². The van der Waals surface area contributed by atoms with Crippen molar-refractivity contribution in [3.63, 3.8) is 0 Å². The van der Waals surface area contributed by atoms with E-state index in [1.54, 1.807) is 38.5 Å². The molecule has 0 aliphatic heterocycles. The first-order chi connectivity index (χ1) is 11.0. The molecule has 0 saturated heterocycles. The monoisotopic (exact) mass is 312 g/mol. The molecule has 0 saturated carbocycles. The van der Waals surface area contributed by atoms with Gasteiger partial charge in [-0.05, 0) is 42.3 Å². The number of nitrogens with two attached hydrogens (primary N) is 1. The third kappa shape index (κ3) is 4.26. The van der Waals surface area contributed by atoms with Gasteiger partial charge in [0.2, 0.25) is 5.91 Å². The van der Waals surface area contributed by atoms with E-state index in [9.17, 15) is 4.79 Å². The summed E-state index contributed by atoms with van der Waals surface area (Å²) < 4.78 is 10.4. The Morgan fingerprint density at radius 2 is 1.91 bits per heavy atom. The maximum Gasteiger partial charge on any atom is 0.248 e. The Morgan fingerprint density at radius 3 is 2.57 bits per heavy atom. The van der Waals surface area contributed by atoms with Gasteiger partial charge in [0.1, 0.15) is 11.5 Å². The van der Waals surface area contributed by atoms with E-state index in [1.807, 2.05) is 25.1 Å². The molecular formula is C18H20N2O3. The van der Waals surface area contributed by atoms with E-state index in [0.29, 0.717) is 22.9 Å². The SMILES string of the molecule is COc1ccc(OC)c(NC(=O)/C=C/c2ccc(C)c(N)c2)c1. The smallest absolute Gasteiger partial charge is 0.248 e. The summed E-state index contributed by atoms with van der Waals surface area (Å²) in [7, 11) is 3.11. The first kappa shape index (κ1) is 16.4. The number of hydrogen-bond acceptors (Lipinski definition) is 4. The van der Waals surface area contributed by atoms with Crippen LogP contribution in [0.5, 0.6) is 11.5 Å². The van der Waals surface area contributed by atoms with Crippen LogP contribution >= 0.6 is 0 Å². The van der Waals surface area contributed by atoms with Crippen molar-refractivity contribution in [1.29, 1.82) is 0 Å². The van der Waals surface area contributed by atoms with Crippen molar-refractivity contribution in [2.45, 2.75) is 6.92 Å². The lowest BCUT2D eigenvalue weighted by atomic mass is 10.1. The molecule has 2 aromatic rings. The molecule has 120 valence electrons. The predicted octanol–water partition coefficient (Wildman–Crippen LogP) is 3.25. The van der Waals surface area contributed by atoms with Crippen molar-refractivity contribution in [2.24, 2.45) is 0 Å². The minimum absolute atomic E-state index is 0.268. The number of aryl methyl sites for hydroxylation is 1. The van der Waals surface area contributed by atoms with Crippen molar-refractivity contribution in [1.82, 2.24) is 0 Å². The molecule has 0 aliphatic carbocycles. The molecule has 0 spiro atoms. The number of hydrogen-bond donors (Lipinski definition) is 2. The van der Waals surface area contributed by atoms with Gasteiger partial charge in [0.25, 0.3) is 0 Å². The molecule has 5 nitrogen and oxygen atoms in total. The zero-order valence-corrected chi connectivity index (χ0v) is 13.4. The average Bonchev–Trinajstić information content (AvgIpc) is 2.55. The third-order valence-electron chi connectivity index (χ3n) is 3.39. The second-order valence-electron chi connectivity index (χ2n) is 5.00. The third-order valence-corrected chi connectivity index (χ3v) is 3.39. The van der Waals surface area contributed by atoms with Crippen LogP contribution in [-0.4, -0.2) is 20.1 Å². The van der Waals surface area contributed by atoms with Gasteiger partial charge >= 0.3 is 0 Å². The molecule has 0 aliphatic rings. The number of methoxy groups -OCH3 is 2. The fourth-order valence-electron chi connectivity index (χ4n) is 2.02. The first-order valence-corrected chi connectivity index (χ1v) is 7.10. The lowest BCUT2D eigenvalue weighted by molar-refractivity contribution is -0.111. The van der Waals surface area contributed by atoms with E-state index in [-0.39, 0.29) is 5.91 Å². The summed E-state index contributed by atoms with van der Waals surface area (Å²) in [4.78, 5) is 12.1. The number of anilines is 2. The fourth-order valence-corrected chi connectivity index (χ4v) is 2.02. The summed E-state index contributed by atoms with van der Waals surface area (Å²) in [5.74, 6) is 0.930. The van der Waals surface area contributed by atoms with Crippen molar-refractivity contribution in [3.8, 4) is 11.5 Å². The summed E-state index contributed by atoms with van der Waals surface area (Å²) >= 11 is 0. The molecule has 1 amide bonds. The number of ether oxygens (including phenoxy) is 2. The summed E-state index contributed by atoms with van der Waals surface area (Å²) in [6.07, 6.45) is 3.15. The number of nitrogens with one attached hydrogen (secondary N) is 1. The van der Waals surface area contributed by atoms with Gasteiger partial charge in [-0.3, -0.25) is 4.79 Å². The van der Waals surface area contributed by atoms with Gasteiger partial charge < -0.3 is 20.5 Å². The number of amides is 1. The van der Waals surface area contributed by atoms with Crippen LogP contribution in [0.15, 0.2) is 42.5 Å². The molecular weight excluding hydrogens is 292 g/mol. The topological polar surface area (TPSA) is 73.6 Å². The van der Waals surface area contributed by atoms with Gasteiger partial charge in [-0.15, -0.1) is 0 Å². The van der Waals surface area contributed by atoms with Crippen LogP contribution in [-0.2, 0) is 4.79 Å². The lowest BCUT2D eigenvalue weighted by Gasteiger charge is -2.10. The van der Waals surface area contributed by atoms with E-state index < -0.39 is 0 Å². The number of benzene rings is 2. The van der Waals surface area contributed by atoms with Gasteiger partial charge in [0.15, 0.2) is 0 Å². The molecule has 0 aromatic heterocycles. The van der Waals surface area contributed by atoms with E-state index in [2.05, 4.69) is 5.32 Å². The lowest BCUT2D eigenvalue weighted by Crippen LogP contribution is -2.09. The standard InChI is InChI=1S/C18H20N2O3/c1-12-4-5-13(10-15(12)19)6-9-18(21)20-16-11-14(22-2)7-8-17(16)23-3/h4-11H,19H2,1-3H3,(H,20,21)/b9-6+. The average molecular weight is 312 g/mol. The zero-order valence-electron chi connectivity index (χ0n) is 13.4. The quantitative estimate of drug-likeness (QED) is 0.656. The fraction of sp³-hybridized carbons (Fsp3) is 0.167. The van der Waals surface area contributed by atoms with E-state index in [4.69, 9.17) is 15.2 Å². The molecule has 0 fully saturated rings. The minimum atomic E-state index is -0.268. The molecule has 3 N–H and O–H groups in total. The maximum atomic E-state index is 12.1. The molecule has 2 aromatic carbocycles. The molecule has 2 rings (SSSR count). The van der Waals surface area contributed by atoms with Crippen molar-refractivity contribution in [2.75, 3.05) is 25.3 Å². The van der Waals surface area contributed by atoms with Crippen molar-refractivity contribution in [3.05, 3.63) is 53.6 Å². The molecule has 0 unspecified atom stereocenters. The van der Waals surface area contributed by atoms with E-state index >= 15 is 0 Å². The second kappa shape index (κ2) is 7.35. The summed E-state index contributed by atoms with van der Waals surface area (Å²) in [6.45, 7) is 1.94. The van der Waals surface area contributed by atoms with Crippen LogP contribution in [0.3, 0.4) is 0 Å². The van der Waals surface area contributed by atoms with Crippen LogP contribution in [0.4, 0.5) is 11.4 Å². The molecule has 0 bridgehead atoms. The summed E-state index contributed by atoms with van der Waals surface area (Å²) in [5.41, 5.74) is 8.97. The highest BCUT2D eigenvalue weighted by Crippen LogP contribution is 2.28. The van der Waals surface area contributed by atoms with Crippen LogP contribution < -0.4 is 20.5 Å². The molecule has 0 heterocycles. The van der Waals surface area contributed by atoms with Crippen molar-refractivity contribution >= 4 is 23.4 Å². The molecule has 0 atom stereocenters. The van der Waals surface area contributed by atoms with Gasteiger partial charge in [-0.2, -0.15) is 0 Å². The van der Waals surface area contributed by atoms with Crippen LogP contribution in [0.2, 0.25) is 0 Å². The largest absolute Gasteiger partial charge is 0.497 e.